The lowest BCUT2D eigenvalue weighted by Crippen LogP contribution is -2.26. The minimum atomic E-state index is -3.50. The third-order valence-electron chi connectivity index (χ3n) is 5.10. The number of nitrogens with zero attached hydrogens (tertiary/aromatic N) is 1. The second kappa shape index (κ2) is 9.52. The Balaban J connectivity index is 1.53. The van der Waals surface area contributed by atoms with Gasteiger partial charge >= 0.3 is 0 Å². The van der Waals surface area contributed by atoms with Crippen LogP contribution in [0.15, 0.2) is 53.4 Å². The highest BCUT2D eigenvalue weighted by atomic mass is 32.2. The monoisotopic (exact) mass is 415 g/mol. The summed E-state index contributed by atoms with van der Waals surface area (Å²) < 4.78 is 27.0. The fraction of sp³-hybridized carbons (Fsp3) is 0.409. The Morgan fingerprint density at radius 2 is 1.55 bits per heavy atom. The Kier molecular flexibility index (Phi) is 7.05. The smallest absolute Gasteiger partial charge is 0.251 e. The molecule has 0 spiro atoms. The van der Waals surface area contributed by atoms with Gasteiger partial charge in [-0.25, -0.2) is 13.1 Å². The Morgan fingerprint density at radius 1 is 0.966 bits per heavy atom. The van der Waals surface area contributed by atoms with Gasteiger partial charge in [-0.15, -0.1) is 0 Å². The topological polar surface area (TPSA) is 78.5 Å². The number of hydrogen-bond donors (Lipinski definition) is 2. The van der Waals surface area contributed by atoms with Crippen LogP contribution in [0.25, 0.3) is 0 Å². The van der Waals surface area contributed by atoms with E-state index in [-0.39, 0.29) is 16.8 Å². The van der Waals surface area contributed by atoms with Crippen LogP contribution in [-0.2, 0) is 23.1 Å². The lowest BCUT2D eigenvalue weighted by atomic mass is 10.1. The van der Waals surface area contributed by atoms with Crippen LogP contribution in [0.5, 0.6) is 0 Å². The molecule has 0 atom stereocenters. The minimum absolute atomic E-state index is 0.0568. The molecule has 1 aliphatic rings. The fourth-order valence-corrected chi connectivity index (χ4v) is 4.33. The van der Waals surface area contributed by atoms with Crippen molar-refractivity contribution in [1.29, 1.82) is 0 Å². The summed E-state index contributed by atoms with van der Waals surface area (Å²) in [5, 5.41) is 2.88. The van der Waals surface area contributed by atoms with Gasteiger partial charge in [-0.1, -0.05) is 38.1 Å². The molecule has 2 aromatic carbocycles. The highest BCUT2D eigenvalue weighted by molar-refractivity contribution is 7.89. The standard InChI is InChI=1S/C22H29N3O3S/c1-3-25(4-2)16-18-7-5-17(6-8-18)15-23-22(26)19-9-13-21(14-10-19)29(27,28)24-20-11-12-20/h5-10,13-14,20,24H,3-4,11-12,15-16H2,1-2H3,(H,23,26). The highest BCUT2D eigenvalue weighted by Gasteiger charge is 2.27. The Morgan fingerprint density at radius 3 is 2.10 bits per heavy atom. The Hall–Kier alpha value is -2.22. The van der Waals surface area contributed by atoms with Crippen LogP contribution in [0.3, 0.4) is 0 Å². The number of nitrogens with one attached hydrogen (secondary N) is 2. The second-order valence-electron chi connectivity index (χ2n) is 7.38. The molecular formula is C22H29N3O3S. The third-order valence-corrected chi connectivity index (χ3v) is 6.64. The SMILES string of the molecule is CCN(CC)Cc1ccc(CNC(=O)c2ccc(S(=O)(=O)NC3CC3)cc2)cc1. The third kappa shape index (κ3) is 6.13. The van der Waals surface area contributed by atoms with E-state index in [4.69, 9.17) is 0 Å². The van der Waals surface area contributed by atoms with Gasteiger partial charge in [0.2, 0.25) is 10.0 Å². The molecule has 6 nitrogen and oxygen atoms in total. The molecule has 0 radical (unpaired) electrons. The molecule has 2 N–H and O–H groups in total. The minimum Gasteiger partial charge on any atom is -0.348 e. The molecule has 0 aliphatic heterocycles. The van der Waals surface area contributed by atoms with Gasteiger partial charge in [0.25, 0.3) is 5.91 Å². The molecule has 0 aromatic heterocycles. The van der Waals surface area contributed by atoms with Crippen molar-refractivity contribution in [3.05, 3.63) is 65.2 Å². The molecule has 1 amide bonds. The second-order valence-corrected chi connectivity index (χ2v) is 9.09. The molecule has 0 saturated heterocycles. The average molecular weight is 416 g/mol. The Labute approximate surface area is 173 Å². The number of sulfonamides is 1. The van der Waals surface area contributed by atoms with Crippen LogP contribution < -0.4 is 10.0 Å². The van der Waals surface area contributed by atoms with E-state index in [9.17, 15) is 13.2 Å². The first-order valence-corrected chi connectivity index (χ1v) is 11.6. The molecule has 2 aromatic rings. The van der Waals surface area contributed by atoms with Crippen molar-refractivity contribution in [2.75, 3.05) is 13.1 Å². The summed E-state index contributed by atoms with van der Waals surface area (Å²) in [5.74, 6) is -0.226. The summed E-state index contributed by atoms with van der Waals surface area (Å²) >= 11 is 0. The molecule has 29 heavy (non-hydrogen) atoms. The van der Waals surface area contributed by atoms with E-state index in [1.54, 1.807) is 12.1 Å². The van der Waals surface area contributed by atoms with Gasteiger partial charge in [0.15, 0.2) is 0 Å². The van der Waals surface area contributed by atoms with Gasteiger partial charge in [-0.2, -0.15) is 0 Å². The maximum atomic E-state index is 12.4. The van der Waals surface area contributed by atoms with Crippen molar-refractivity contribution >= 4 is 15.9 Å². The van der Waals surface area contributed by atoms with Crippen LogP contribution in [0, 0.1) is 0 Å². The van der Waals surface area contributed by atoms with E-state index in [0.717, 1.165) is 38.0 Å². The lowest BCUT2D eigenvalue weighted by Gasteiger charge is -2.18. The van der Waals surface area contributed by atoms with Crippen molar-refractivity contribution in [2.24, 2.45) is 0 Å². The zero-order chi connectivity index (χ0) is 20.9. The zero-order valence-electron chi connectivity index (χ0n) is 17.0. The maximum Gasteiger partial charge on any atom is 0.251 e. The van der Waals surface area contributed by atoms with Crippen LogP contribution in [-0.4, -0.2) is 38.4 Å². The fourth-order valence-electron chi connectivity index (χ4n) is 3.03. The average Bonchev–Trinajstić information content (AvgIpc) is 3.54. The number of carbonyl (C=O) groups excluding carboxylic acids is 1. The predicted octanol–water partition coefficient (Wildman–Crippen LogP) is 2.90. The Bertz CT molecular complexity index is 917. The predicted molar refractivity (Wildman–Crippen MR) is 114 cm³/mol. The zero-order valence-corrected chi connectivity index (χ0v) is 17.8. The van der Waals surface area contributed by atoms with Crippen molar-refractivity contribution in [3.63, 3.8) is 0 Å². The summed E-state index contributed by atoms with van der Waals surface area (Å²) in [6.07, 6.45) is 1.77. The molecule has 1 saturated carbocycles. The van der Waals surface area contributed by atoms with Crippen LogP contribution >= 0.6 is 0 Å². The van der Waals surface area contributed by atoms with Crippen LogP contribution in [0.2, 0.25) is 0 Å². The molecule has 1 fully saturated rings. The van der Waals surface area contributed by atoms with Gasteiger partial charge in [-0.05, 0) is 61.3 Å². The number of amides is 1. The van der Waals surface area contributed by atoms with E-state index in [1.165, 1.54) is 17.7 Å². The van der Waals surface area contributed by atoms with Crippen molar-refractivity contribution < 1.29 is 13.2 Å². The number of benzene rings is 2. The lowest BCUT2D eigenvalue weighted by molar-refractivity contribution is 0.0951. The van der Waals surface area contributed by atoms with Gasteiger partial charge in [0, 0.05) is 24.7 Å². The van der Waals surface area contributed by atoms with E-state index >= 15 is 0 Å². The first kappa shape index (κ1) is 21.5. The molecule has 7 heteroatoms. The van der Waals surface area contributed by atoms with Gasteiger partial charge < -0.3 is 5.32 Å². The van der Waals surface area contributed by atoms with Gasteiger partial charge in [0.1, 0.15) is 0 Å². The van der Waals surface area contributed by atoms with Crippen molar-refractivity contribution in [1.82, 2.24) is 14.9 Å². The summed E-state index contributed by atoms with van der Waals surface area (Å²) in [6, 6.07) is 14.3. The van der Waals surface area contributed by atoms with Crippen molar-refractivity contribution in [3.8, 4) is 0 Å². The summed E-state index contributed by atoms with van der Waals surface area (Å²) in [5.41, 5.74) is 2.71. The number of hydrogen-bond acceptors (Lipinski definition) is 4. The molecule has 1 aliphatic carbocycles. The van der Waals surface area contributed by atoms with Gasteiger partial charge in [0.05, 0.1) is 4.90 Å². The molecule has 0 bridgehead atoms. The van der Waals surface area contributed by atoms with Crippen LogP contribution in [0.4, 0.5) is 0 Å². The van der Waals surface area contributed by atoms with Crippen molar-refractivity contribution in [2.45, 2.75) is 50.7 Å². The largest absolute Gasteiger partial charge is 0.348 e. The maximum absolute atomic E-state index is 12.4. The first-order valence-electron chi connectivity index (χ1n) is 10.1. The number of rotatable bonds is 10. The number of carbonyl (C=O) groups is 1. The quantitative estimate of drug-likeness (QED) is 0.625. The highest BCUT2D eigenvalue weighted by Crippen LogP contribution is 2.22. The van der Waals surface area contributed by atoms with E-state index in [1.807, 2.05) is 12.1 Å². The van der Waals surface area contributed by atoms with Gasteiger partial charge in [-0.3, -0.25) is 9.69 Å². The summed E-state index contributed by atoms with van der Waals surface area (Å²) in [7, 11) is -3.50. The van der Waals surface area contributed by atoms with E-state index in [0.29, 0.717) is 12.1 Å². The molecule has 0 heterocycles. The molecular weight excluding hydrogens is 386 g/mol. The van der Waals surface area contributed by atoms with E-state index in [2.05, 4.69) is 40.9 Å². The van der Waals surface area contributed by atoms with Crippen LogP contribution in [0.1, 0.15) is 48.2 Å². The normalized spacial score (nSPS) is 14.2. The molecule has 0 unspecified atom stereocenters. The molecule has 3 rings (SSSR count). The van der Waals surface area contributed by atoms with E-state index < -0.39 is 10.0 Å². The summed E-state index contributed by atoms with van der Waals surface area (Å²) in [6.45, 7) is 7.69. The molecule has 156 valence electrons. The summed E-state index contributed by atoms with van der Waals surface area (Å²) in [4.78, 5) is 14.9. The first-order chi connectivity index (χ1) is 13.9.